The maximum atomic E-state index is 11.1. The molecule has 0 radical (unpaired) electrons. The predicted octanol–water partition coefficient (Wildman–Crippen LogP) is 7.03. The van der Waals surface area contributed by atoms with Crippen molar-refractivity contribution >= 4 is 8.25 Å². The van der Waals surface area contributed by atoms with Gasteiger partial charge in [0.05, 0.1) is 12.9 Å². The third-order valence-corrected chi connectivity index (χ3v) is 4.60. The molecule has 0 bridgehead atoms. The highest BCUT2D eigenvalue weighted by Gasteiger charge is 1.94. The van der Waals surface area contributed by atoms with E-state index in [0.717, 1.165) is 6.42 Å². The van der Waals surface area contributed by atoms with E-state index in [0.29, 0.717) is 6.61 Å². The Labute approximate surface area is 138 Å². The van der Waals surface area contributed by atoms with Crippen molar-refractivity contribution in [3.8, 4) is 0 Å². The van der Waals surface area contributed by atoms with Gasteiger partial charge < -0.3 is 9.05 Å². The number of allylic oxidation sites excluding steroid dienone is 1. The van der Waals surface area contributed by atoms with Gasteiger partial charge in [0, 0.05) is 0 Å². The first kappa shape index (κ1) is 21.7. The average molecular weight is 332 g/mol. The highest BCUT2D eigenvalue weighted by molar-refractivity contribution is 7.33. The Morgan fingerprint density at radius 2 is 1.27 bits per heavy atom. The molecule has 0 rings (SSSR count). The van der Waals surface area contributed by atoms with Crippen molar-refractivity contribution in [1.82, 2.24) is 0 Å². The fraction of sp³-hybridized carbons (Fsp3) is 0.889. The monoisotopic (exact) mass is 332 g/mol. The molecule has 0 N–H and O–H groups in total. The molecule has 0 aromatic carbocycles. The molecule has 0 saturated heterocycles. The van der Waals surface area contributed by atoms with Crippen LogP contribution in [0.15, 0.2) is 12.3 Å². The smallest absolute Gasteiger partial charge is 0.367 e. The van der Waals surface area contributed by atoms with E-state index in [9.17, 15) is 4.57 Å². The Kier molecular flexibility index (Phi) is 18.5. The lowest BCUT2D eigenvalue weighted by molar-refractivity contribution is 0.285. The molecular weight excluding hydrogens is 295 g/mol. The first-order valence-corrected chi connectivity index (χ1v) is 10.5. The van der Waals surface area contributed by atoms with Gasteiger partial charge in [-0.1, -0.05) is 77.6 Å². The Balaban J connectivity index is 3.11. The Morgan fingerprint density at radius 3 is 1.77 bits per heavy atom. The summed E-state index contributed by atoms with van der Waals surface area (Å²) >= 11 is 0. The fourth-order valence-corrected chi connectivity index (χ4v) is 2.94. The highest BCUT2D eigenvalue weighted by Crippen LogP contribution is 2.23. The van der Waals surface area contributed by atoms with Crippen molar-refractivity contribution in [1.29, 1.82) is 0 Å². The second kappa shape index (κ2) is 18.8. The lowest BCUT2D eigenvalue weighted by atomic mass is 10.0. The van der Waals surface area contributed by atoms with Crippen LogP contribution >= 0.6 is 8.25 Å². The third kappa shape index (κ3) is 17.8. The summed E-state index contributed by atoms with van der Waals surface area (Å²) in [5.41, 5.74) is 0. The summed E-state index contributed by atoms with van der Waals surface area (Å²) in [6.45, 7) is 4.51. The molecule has 0 aliphatic rings. The summed E-state index contributed by atoms with van der Waals surface area (Å²) < 4.78 is 20.8. The molecule has 0 fully saturated rings. The van der Waals surface area contributed by atoms with Crippen LogP contribution in [0.2, 0.25) is 0 Å². The van der Waals surface area contributed by atoms with Gasteiger partial charge in [0.2, 0.25) is 0 Å². The van der Waals surface area contributed by atoms with Crippen LogP contribution in [0.5, 0.6) is 0 Å². The molecule has 0 spiro atoms. The SMILES string of the molecule is CCCCCCCCCCCCCC/C=C/O[PH](=O)OCC. The van der Waals surface area contributed by atoms with E-state index in [-0.39, 0.29) is 0 Å². The molecule has 1 unspecified atom stereocenters. The van der Waals surface area contributed by atoms with Gasteiger partial charge in [-0.15, -0.1) is 0 Å². The first-order chi connectivity index (χ1) is 10.8. The van der Waals surface area contributed by atoms with Crippen molar-refractivity contribution in [2.45, 2.75) is 97.3 Å². The van der Waals surface area contributed by atoms with Gasteiger partial charge in [-0.2, -0.15) is 0 Å². The fourth-order valence-electron chi connectivity index (χ4n) is 2.43. The van der Waals surface area contributed by atoms with E-state index in [4.69, 9.17) is 9.05 Å². The van der Waals surface area contributed by atoms with Crippen molar-refractivity contribution < 1.29 is 13.6 Å². The molecule has 22 heavy (non-hydrogen) atoms. The summed E-state index contributed by atoms with van der Waals surface area (Å²) in [6, 6.07) is 0. The van der Waals surface area contributed by atoms with Gasteiger partial charge in [0.25, 0.3) is 0 Å². The van der Waals surface area contributed by atoms with Gasteiger partial charge in [0.1, 0.15) is 0 Å². The zero-order valence-corrected chi connectivity index (χ0v) is 15.8. The number of unbranched alkanes of at least 4 members (excludes halogenated alkanes) is 12. The molecule has 0 aromatic heterocycles. The molecule has 0 aromatic rings. The maximum Gasteiger partial charge on any atom is 0.367 e. The number of hydrogen-bond donors (Lipinski definition) is 0. The van der Waals surface area contributed by atoms with Crippen LogP contribution in [0.1, 0.15) is 97.3 Å². The van der Waals surface area contributed by atoms with Crippen molar-refractivity contribution in [3.05, 3.63) is 12.3 Å². The third-order valence-electron chi connectivity index (χ3n) is 3.75. The lowest BCUT2D eigenvalue weighted by Gasteiger charge is -2.02. The normalized spacial score (nSPS) is 12.8. The molecule has 3 nitrogen and oxygen atoms in total. The van der Waals surface area contributed by atoms with E-state index < -0.39 is 8.25 Å². The van der Waals surface area contributed by atoms with Gasteiger partial charge in [-0.05, 0) is 25.8 Å². The molecule has 0 aliphatic heterocycles. The summed E-state index contributed by atoms with van der Waals surface area (Å²) in [6.07, 6.45) is 20.9. The summed E-state index contributed by atoms with van der Waals surface area (Å²) in [5, 5.41) is 0. The van der Waals surface area contributed by atoms with Crippen LogP contribution in [-0.2, 0) is 13.6 Å². The largest absolute Gasteiger partial charge is 0.435 e. The van der Waals surface area contributed by atoms with Crippen LogP contribution in [-0.4, -0.2) is 6.61 Å². The van der Waals surface area contributed by atoms with Crippen molar-refractivity contribution in [2.75, 3.05) is 6.61 Å². The number of hydrogen-bond acceptors (Lipinski definition) is 3. The Bertz CT molecular complexity index is 267. The highest BCUT2D eigenvalue weighted by atomic mass is 31.1. The van der Waals surface area contributed by atoms with E-state index in [1.165, 1.54) is 83.3 Å². The van der Waals surface area contributed by atoms with Crippen LogP contribution < -0.4 is 0 Å². The first-order valence-electron chi connectivity index (χ1n) is 9.29. The van der Waals surface area contributed by atoms with Gasteiger partial charge in [-0.25, -0.2) is 4.57 Å². The molecule has 0 amide bonds. The summed E-state index contributed by atoms with van der Waals surface area (Å²) in [7, 11) is -2.29. The Morgan fingerprint density at radius 1 is 0.773 bits per heavy atom. The summed E-state index contributed by atoms with van der Waals surface area (Å²) in [5.74, 6) is 0. The minimum absolute atomic E-state index is 0.435. The lowest BCUT2D eigenvalue weighted by Crippen LogP contribution is -1.82. The van der Waals surface area contributed by atoms with E-state index in [2.05, 4.69) is 6.92 Å². The standard InChI is InChI=1S/C18H37O3P/c1-3-5-6-7-8-9-10-11-12-13-14-15-16-17-18-21-22(19)20-4-2/h17-18,22H,3-16H2,1-2H3/b18-17+. The van der Waals surface area contributed by atoms with Gasteiger partial charge >= 0.3 is 8.25 Å². The predicted molar refractivity (Wildman–Crippen MR) is 96.5 cm³/mol. The van der Waals surface area contributed by atoms with Crippen LogP contribution in [0, 0.1) is 0 Å². The Hall–Kier alpha value is -0.270. The minimum atomic E-state index is -2.29. The second-order valence-corrected chi connectivity index (χ2v) is 6.87. The topological polar surface area (TPSA) is 35.5 Å². The maximum absolute atomic E-state index is 11.1. The van der Waals surface area contributed by atoms with Crippen molar-refractivity contribution in [2.24, 2.45) is 0 Å². The molecule has 4 heteroatoms. The van der Waals surface area contributed by atoms with E-state index in [1.54, 1.807) is 0 Å². The molecule has 132 valence electrons. The van der Waals surface area contributed by atoms with E-state index in [1.807, 2.05) is 13.0 Å². The minimum Gasteiger partial charge on any atom is -0.435 e. The van der Waals surface area contributed by atoms with Gasteiger partial charge in [-0.3, -0.25) is 0 Å². The molecule has 0 saturated carbocycles. The summed E-state index contributed by atoms with van der Waals surface area (Å²) in [4.78, 5) is 0. The van der Waals surface area contributed by atoms with E-state index >= 15 is 0 Å². The van der Waals surface area contributed by atoms with Crippen LogP contribution in [0.25, 0.3) is 0 Å². The molecular formula is C18H37O3P. The second-order valence-electron chi connectivity index (χ2n) is 5.85. The quantitative estimate of drug-likeness (QED) is 0.163. The van der Waals surface area contributed by atoms with Crippen molar-refractivity contribution in [3.63, 3.8) is 0 Å². The zero-order valence-electron chi connectivity index (χ0n) is 14.8. The molecule has 0 heterocycles. The van der Waals surface area contributed by atoms with Crippen LogP contribution in [0.4, 0.5) is 0 Å². The van der Waals surface area contributed by atoms with Gasteiger partial charge in [0.15, 0.2) is 0 Å². The number of rotatable bonds is 17. The average Bonchev–Trinajstić information content (AvgIpc) is 2.51. The molecule has 0 aliphatic carbocycles. The molecule has 1 atom stereocenters. The van der Waals surface area contributed by atoms with Crippen LogP contribution in [0.3, 0.4) is 0 Å². The zero-order chi connectivity index (χ0) is 16.3.